The molecular formula is C12H22N4O4S. The SMILES string of the molecule is COCCCN(CCOC)S(=O)(=O)c1cccnc1NN. The topological polar surface area (TPSA) is 107 Å². The first-order valence-corrected chi connectivity index (χ1v) is 7.91. The molecule has 1 heterocycles. The van der Waals surface area contributed by atoms with Gasteiger partial charge >= 0.3 is 0 Å². The molecule has 0 saturated heterocycles. The van der Waals surface area contributed by atoms with E-state index in [-0.39, 0.29) is 17.3 Å². The Morgan fingerprint density at radius 3 is 2.62 bits per heavy atom. The smallest absolute Gasteiger partial charge is 0.246 e. The summed E-state index contributed by atoms with van der Waals surface area (Å²) in [6.45, 7) is 1.37. The maximum Gasteiger partial charge on any atom is 0.246 e. The molecule has 0 amide bonds. The number of ether oxygens (including phenoxy) is 2. The van der Waals surface area contributed by atoms with Gasteiger partial charge in [0.1, 0.15) is 4.90 Å². The van der Waals surface area contributed by atoms with Gasteiger partial charge in [-0.2, -0.15) is 4.31 Å². The molecule has 1 aromatic heterocycles. The molecular weight excluding hydrogens is 296 g/mol. The van der Waals surface area contributed by atoms with Crippen LogP contribution < -0.4 is 11.3 Å². The van der Waals surface area contributed by atoms with Gasteiger partial charge in [-0.25, -0.2) is 19.2 Å². The second-order valence-electron chi connectivity index (χ2n) is 4.24. The van der Waals surface area contributed by atoms with Crippen molar-refractivity contribution in [2.24, 2.45) is 5.84 Å². The number of methoxy groups -OCH3 is 2. The summed E-state index contributed by atoms with van der Waals surface area (Å²) in [6.07, 6.45) is 2.06. The normalized spacial score (nSPS) is 11.8. The molecule has 0 aliphatic rings. The van der Waals surface area contributed by atoms with Gasteiger partial charge in [0.15, 0.2) is 5.82 Å². The number of hydrogen-bond acceptors (Lipinski definition) is 7. The first-order chi connectivity index (χ1) is 10.1. The van der Waals surface area contributed by atoms with Gasteiger partial charge in [-0.3, -0.25) is 0 Å². The molecule has 120 valence electrons. The number of hydrazine groups is 1. The average Bonchev–Trinajstić information content (AvgIpc) is 2.50. The molecule has 9 heteroatoms. The zero-order valence-electron chi connectivity index (χ0n) is 12.3. The summed E-state index contributed by atoms with van der Waals surface area (Å²) < 4.78 is 36.7. The predicted molar refractivity (Wildman–Crippen MR) is 79.2 cm³/mol. The summed E-state index contributed by atoms with van der Waals surface area (Å²) in [5.74, 6) is 5.45. The van der Waals surface area contributed by atoms with Gasteiger partial charge in [0.2, 0.25) is 10.0 Å². The quantitative estimate of drug-likeness (QED) is 0.356. The van der Waals surface area contributed by atoms with Gasteiger partial charge in [0, 0.05) is 40.1 Å². The van der Waals surface area contributed by atoms with E-state index in [4.69, 9.17) is 15.3 Å². The number of nitrogens with zero attached hydrogens (tertiary/aromatic N) is 2. The lowest BCUT2D eigenvalue weighted by molar-refractivity contribution is 0.164. The molecule has 0 fully saturated rings. The lowest BCUT2D eigenvalue weighted by atomic mass is 10.4. The van der Waals surface area contributed by atoms with Crippen molar-refractivity contribution in [1.29, 1.82) is 0 Å². The minimum atomic E-state index is -3.70. The van der Waals surface area contributed by atoms with Crippen LogP contribution in [0.3, 0.4) is 0 Å². The maximum atomic E-state index is 12.7. The summed E-state index contributed by atoms with van der Waals surface area (Å²) in [6, 6.07) is 3.02. The highest BCUT2D eigenvalue weighted by Crippen LogP contribution is 2.21. The molecule has 0 unspecified atom stereocenters. The molecule has 0 radical (unpaired) electrons. The van der Waals surface area contributed by atoms with Crippen molar-refractivity contribution < 1.29 is 17.9 Å². The molecule has 21 heavy (non-hydrogen) atoms. The van der Waals surface area contributed by atoms with Crippen LogP contribution in [0.1, 0.15) is 6.42 Å². The van der Waals surface area contributed by atoms with Crippen LogP contribution in [0.15, 0.2) is 23.2 Å². The fraction of sp³-hybridized carbons (Fsp3) is 0.583. The summed E-state index contributed by atoms with van der Waals surface area (Å²) >= 11 is 0. The molecule has 0 spiro atoms. The van der Waals surface area contributed by atoms with Gasteiger partial charge < -0.3 is 14.9 Å². The molecule has 0 aliphatic heterocycles. The van der Waals surface area contributed by atoms with Crippen molar-refractivity contribution in [1.82, 2.24) is 9.29 Å². The molecule has 1 rings (SSSR count). The molecule has 0 aromatic carbocycles. The number of aromatic nitrogens is 1. The molecule has 0 saturated carbocycles. The van der Waals surface area contributed by atoms with E-state index in [0.717, 1.165) is 0 Å². The van der Waals surface area contributed by atoms with Crippen LogP contribution in [0.25, 0.3) is 0 Å². The highest BCUT2D eigenvalue weighted by atomic mass is 32.2. The van der Waals surface area contributed by atoms with Crippen LogP contribution >= 0.6 is 0 Å². The Hall–Kier alpha value is -1.26. The van der Waals surface area contributed by atoms with Crippen LogP contribution in [0.2, 0.25) is 0 Å². The highest BCUT2D eigenvalue weighted by Gasteiger charge is 2.27. The number of rotatable bonds is 10. The largest absolute Gasteiger partial charge is 0.385 e. The van der Waals surface area contributed by atoms with Gasteiger partial charge in [0.05, 0.1) is 6.61 Å². The summed E-state index contributed by atoms with van der Waals surface area (Å²) in [4.78, 5) is 3.97. The lowest BCUT2D eigenvalue weighted by Crippen LogP contribution is -2.36. The molecule has 8 nitrogen and oxygen atoms in total. The van der Waals surface area contributed by atoms with E-state index in [1.54, 1.807) is 13.2 Å². The van der Waals surface area contributed by atoms with E-state index in [0.29, 0.717) is 26.2 Å². The number of nitrogens with one attached hydrogen (secondary N) is 1. The van der Waals surface area contributed by atoms with Crippen molar-refractivity contribution in [3.63, 3.8) is 0 Å². The Balaban J connectivity index is 3.01. The first-order valence-electron chi connectivity index (χ1n) is 6.47. The maximum absolute atomic E-state index is 12.7. The Labute approximate surface area is 125 Å². The van der Waals surface area contributed by atoms with Gasteiger partial charge in [-0.15, -0.1) is 0 Å². The number of sulfonamides is 1. The minimum Gasteiger partial charge on any atom is -0.385 e. The second-order valence-corrected chi connectivity index (χ2v) is 6.14. The number of hydrogen-bond donors (Lipinski definition) is 2. The number of anilines is 1. The van der Waals surface area contributed by atoms with Crippen molar-refractivity contribution in [2.75, 3.05) is 45.9 Å². The summed E-state index contributed by atoms with van der Waals surface area (Å²) in [5.41, 5.74) is 2.31. The van der Waals surface area contributed by atoms with E-state index in [1.807, 2.05) is 0 Å². The zero-order chi connectivity index (χ0) is 15.7. The van der Waals surface area contributed by atoms with Gasteiger partial charge in [-0.05, 0) is 18.6 Å². The van der Waals surface area contributed by atoms with Crippen LogP contribution in [0, 0.1) is 0 Å². The first kappa shape index (κ1) is 17.8. The van der Waals surface area contributed by atoms with Crippen LogP contribution in [-0.2, 0) is 19.5 Å². The van der Waals surface area contributed by atoms with Crippen molar-refractivity contribution in [3.05, 3.63) is 18.3 Å². The monoisotopic (exact) mass is 318 g/mol. The standard InChI is InChI=1S/C12H22N4O4S/c1-19-9-4-7-16(8-10-20-2)21(17,18)11-5-3-6-14-12(11)15-13/h3,5-6H,4,7-10,13H2,1-2H3,(H,14,15). The van der Waals surface area contributed by atoms with E-state index >= 15 is 0 Å². The molecule has 1 aromatic rings. The van der Waals surface area contributed by atoms with Crippen LogP contribution in [-0.4, -0.2) is 58.2 Å². The fourth-order valence-electron chi connectivity index (χ4n) is 1.78. The minimum absolute atomic E-state index is 0.0426. The van der Waals surface area contributed by atoms with Crippen molar-refractivity contribution in [2.45, 2.75) is 11.3 Å². The lowest BCUT2D eigenvalue weighted by Gasteiger charge is -2.22. The zero-order valence-corrected chi connectivity index (χ0v) is 13.1. The molecule has 0 aliphatic carbocycles. The average molecular weight is 318 g/mol. The second kappa shape index (κ2) is 8.90. The van der Waals surface area contributed by atoms with E-state index in [1.165, 1.54) is 23.7 Å². The summed E-state index contributed by atoms with van der Waals surface area (Å²) in [5, 5.41) is 0. The third-order valence-corrected chi connectivity index (χ3v) is 4.76. The van der Waals surface area contributed by atoms with E-state index < -0.39 is 10.0 Å². The number of nitrogen functional groups attached to an aromatic ring is 1. The Kier molecular flexibility index (Phi) is 7.54. The molecule has 3 N–H and O–H groups in total. The van der Waals surface area contributed by atoms with E-state index in [9.17, 15) is 8.42 Å². The van der Waals surface area contributed by atoms with Crippen LogP contribution in [0.4, 0.5) is 5.82 Å². The van der Waals surface area contributed by atoms with Crippen molar-refractivity contribution in [3.8, 4) is 0 Å². The third kappa shape index (κ3) is 4.90. The Bertz CT molecular complexity index is 524. The predicted octanol–water partition coefficient (Wildman–Crippen LogP) is 0.0408. The fourth-order valence-corrected chi connectivity index (χ4v) is 3.35. The van der Waals surface area contributed by atoms with Gasteiger partial charge in [-0.1, -0.05) is 0 Å². The number of nitrogens with two attached hydrogens (primary N) is 1. The summed E-state index contributed by atoms with van der Waals surface area (Å²) in [7, 11) is -0.604. The van der Waals surface area contributed by atoms with Crippen molar-refractivity contribution >= 4 is 15.8 Å². The number of pyridine rings is 1. The Morgan fingerprint density at radius 1 is 1.29 bits per heavy atom. The van der Waals surface area contributed by atoms with Gasteiger partial charge in [0.25, 0.3) is 0 Å². The highest BCUT2D eigenvalue weighted by molar-refractivity contribution is 7.89. The molecule has 0 atom stereocenters. The third-order valence-electron chi connectivity index (χ3n) is 2.83. The Morgan fingerprint density at radius 2 is 2.00 bits per heavy atom. The van der Waals surface area contributed by atoms with E-state index in [2.05, 4.69) is 10.4 Å². The molecule has 0 bridgehead atoms. The van der Waals surface area contributed by atoms with Crippen LogP contribution in [0.5, 0.6) is 0 Å².